The van der Waals surface area contributed by atoms with E-state index < -0.39 is 12.1 Å². The summed E-state index contributed by atoms with van der Waals surface area (Å²) in [6, 6.07) is 14.0. The van der Waals surface area contributed by atoms with Crippen LogP contribution in [-0.4, -0.2) is 29.8 Å². The smallest absolute Gasteiger partial charge is 0.317 e. The van der Waals surface area contributed by atoms with Gasteiger partial charge in [0.1, 0.15) is 5.82 Å². The Morgan fingerprint density at radius 2 is 1.92 bits per heavy atom. The first-order chi connectivity index (χ1) is 12.5. The third-order valence-corrected chi connectivity index (χ3v) is 5.30. The molecule has 2 aromatic carbocycles. The Kier molecular flexibility index (Phi) is 5.61. The molecule has 0 bridgehead atoms. The molecule has 0 spiro atoms. The van der Waals surface area contributed by atoms with Crippen molar-refractivity contribution >= 4 is 29.3 Å². The molecular weight excluding hydrogens is 353 g/mol. The molecular formula is C20H20FNO3S. The van der Waals surface area contributed by atoms with E-state index in [2.05, 4.69) is 0 Å². The lowest BCUT2D eigenvalue weighted by Gasteiger charge is -2.25. The maximum Gasteiger partial charge on any atom is 0.317 e. The molecule has 0 radical (unpaired) electrons. The first-order valence-corrected chi connectivity index (χ1v) is 9.43. The van der Waals surface area contributed by atoms with Gasteiger partial charge in [-0.2, -0.15) is 0 Å². The number of rotatable bonds is 5. The van der Waals surface area contributed by atoms with Crippen LogP contribution < -0.4 is 4.90 Å². The number of halogens is 1. The highest BCUT2D eigenvalue weighted by Crippen LogP contribution is 2.32. The van der Waals surface area contributed by atoms with Crippen LogP contribution in [-0.2, 0) is 20.7 Å². The monoisotopic (exact) mass is 373 g/mol. The van der Waals surface area contributed by atoms with Crippen LogP contribution in [0.2, 0.25) is 0 Å². The summed E-state index contributed by atoms with van der Waals surface area (Å²) in [6.45, 7) is 3.54. The molecule has 0 unspecified atom stereocenters. The maximum absolute atomic E-state index is 13.6. The van der Waals surface area contributed by atoms with Gasteiger partial charge in [0, 0.05) is 16.6 Å². The maximum atomic E-state index is 13.6. The highest BCUT2D eigenvalue weighted by atomic mass is 32.2. The van der Waals surface area contributed by atoms with E-state index in [9.17, 15) is 14.0 Å². The van der Waals surface area contributed by atoms with Gasteiger partial charge in [-0.3, -0.25) is 9.59 Å². The second kappa shape index (κ2) is 7.91. The van der Waals surface area contributed by atoms with E-state index >= 15 is 0 Å². The minimum Gasteiger partial charge on any atom is -0.452 e. The van der Waals surface area contributed by atoms with E-state index in [0.29, 0.717) is 4.90 Å². The number of hydrogen-bond donors (Lipinski definition) is 0. The molecule has 2 atom stereocenters. The molecule has 2 aromatic rings. The number of amides is 1. The number of para-hydroxylation sites is 1. The van der Waals surface area contributed by atoms with Crippen molar-refractivity contribution in [2.45, 2.75) is 37.3 Å². The van der Waals surface area contributed by atoms with Gasteiger partial charge in [0.2, 0.25) is 0 Å². The van der Waals surface area contributed by atoms with Crippen molar-refractivity contribution in [3.05, 3.63) is 59.9 Å². The van der Waals surface area contributed by atoms with Gasteiger partial charge in [0.05, 0.1) is 5.75 Å². The summed E-state index contributed by atoms with van der Waals surface area (Å²) in [6.07, 6.45) is -0.108. The summed E-state index contributed by atoms with van der Waals surface area (Å²) in [7, 11) is 0. The van der Waals surface area contributed by atoms with E-state index in [4.69, 9.17) is 4.74 Å². The predicted octanol–water partition coefficient (Wildman–Crippen LogP) is 3.83. The zero-order valence-corrected chi connectivity index (χ0v) is 15.5. The lowest BCUT2D eigenvalue weighted by atomic mass is 10.1. The Morgan fingerprint density at radius 1 is 1.23 bits per heavy atom. The van der Waals surface area contributed by atoms with E-state index in [1.54, 1.807) is 30.0 Å². The van der Waals surface area contributed by atoms with Crippen molar-refractivity contribution in [3.8, 4) is 0 Å². The molecule has 0 saturated carbocycles. The number of benzene rings is 2. The van der Waals surface area contributed by atoms with Crippen molar-refractivity contribution in [1.82, 2.24) is 0 Å². The summed E-state index contributed by atoms with van der Waals surface area (Å²) in [5.74, 6) is -1.21. The summed E-state index contributed by atoms with van der Waals surface area (Å²) in [5, 5.41) is 0. The van der Waals surface area contributed by atoms with Crippen molar-refractivity contribution in [2.75, 3.05) is 10.7 Å². The number of carbonyl (C=O) groups is 2. The average Bonchev–Trinajstić information content (AvgIpc) is 2.96. The molecule has 136 valence electrons. The first-order valence-electron chi connectivity index (χ1n) is 8.45. The van der Waals surface area contributed by atoms with Crippen LogP contribution in [0.4, 0.5) is 10.1 Å². The van der Waals surface area contributed by atoms with Crippen LogP contribution in [0.15, 0.2) is 53.4 Å². The van der Waals surface area contributed by atoms with Crippen LogP contribution in [0, 0.1) is 5.82 Å². The molecule has 0 N–H and O–H groups in total. The Hall–Kier alpha value is -2.34. The van der Waals surface area contributed by atoms with Crippen molar-refractivity contribution in [2.24, 2.45) is 0 Å². The predicted molar refractivity (Wildman–Crippen MR) is 99.8 cm³/mol. The summed E-state index contributed by atoms with van der Waals surface area (Å²) >= 11 is 1.06. The van der Waals surface area contributed by atoms with E-state index in [0.717, 1.165) is 29.4 Å². The molecule has 0 aliphatic carbocycles. The lowest BCUT2D eigenvalue weighted by molar-refractivity contribution is -0.151. The van der Waals surface area contributed by atoms with Crippen molar-refractivity contribution in [3.63, 3.8) is 0 Å². The van der Waals surface area contributed by atoms with E-state index in [1.807, 2.05) is 31.2 Å². The molecule has 1 amide bonds. The number of fused-ring (bicyclic) bond motifs is 1. The molecule has 6 heteroatoms. The summed E-state index contributed by atoms with van der Waals surface area (Å²) < 4.78 is 18.9. The standard InChI is InChI=1S/C20H20FNO3S/c1-13-11-15-7-3-5-9-17(15)22(13)20(24)14(2)25-19(23)12-26-18-10-6-4-8-16(18)21/h3-10,13-14H,11-12H2,1-2H3/t13-,14+/m1/s1. The molecule has 3 rings (SSSR count). The molecule has 0 aromatic heterocycles. The highest BCUT2D eigenvalue weighted by Gasteiger charge is 2.34. The van der Waals surface area contributed by atoms with Gasteiger partial charge in [0.25, 0.3) is 5.91 Å². The molecule has 1 aliphatic rings. The largest absolute Gasteiger partial charge is 0.452 e. The van der Waals surface area contributed by atoms with Gasteiger partial charge in [-0.25, -0.2) is 4.39 Å². The Morgan fingerprint density at radius 3 is 2.69 bits per heavy atom. The minimum atomic E-state index is -0.891. The van der Waals surface area contributed by atoms with Crippen molar-refractivity contribution in [1.29, 1.82) is 0 Å². The Bertz CT molecular complexity index is 826. The molecule has 26 heavy (non-hydrogen) atoms. The van der Waals surface area contributed by atoms with E-state index in [1.165, 1.54) is 6.07 Å². The fraction of sp³-hybridized carbons (Fsp3) is 0.300. The van der Waals surface area contributed by atoms with Crippen LogP contribution >= 0.6 is 11.8 Å². The van der Waals surface area contributed by atoms with Crippen molar-refractivity contribution < 1.29 is 18.7 Å². The van der Waals surface area contributed by atoms with Gasteiger partial charge < -0.3 is 9.64 Å². The fourth-order valence-corrected chi connectivity index (χ4v) is 3.80. The van der Waals surface area contributed by atoms with Crippen LogP contribution in [0.1, 0.15) is 19.4 Å². The summed E-state index contributed by atoms with van der Waals surface area (Å²) in [5.41, 5.74) is 1.98. The Balaban J connectivity index is 1.59. The third kappa shape index (κ3) is 3.90. The number of thioether (sulfide) groups is 1. The quantitative estimate of drug-likeness (QED) is 0.590. The first kappa shape index (κ1) is 18.5. The summed E-state index contributed by atoms with van der Waals surface area (Å²) in [4.78, 5) is 26.9. The normalized spacial score (nSPS) is 16.9. The number of nitrogens with zero attached hydrogens (tertiary/aromatic N) is 1. The topological polar surface area (TPSA) is 46.6 Å². The molecule has 1 heterocycles. The van der Waals surface area contributed by atoms with Gasteiger partial charge in [-0.15, -0.1) is 11.8 Å². The molecule has 0 saturated heterocycles. The van der Waals surface area contributed by atoms with Crippen LogP contribution in [0.25, 0.3) is 0 Å². The average molecular weight is 373 g/mol. The highest BCUT2D eigenvalue weighted by molar-refractivity contribution is 8.00. The third-order valence-electron chi connectivity index (χ3n) is 4.28. The van der Waals surface area contributed by atoms with Gasteiger partial charge in [0.15, 0.2) is 6.10 Å². The zero-order chi connectivity index (χ0) is 18.7. The molecule has 0 fully saturated rings. The van der Waals surface area contributed by atoms with Crippen LogP contribution in [0.5, 0.6) is 0 Å². The fourth-order valence-electron chi connectivity index (χ4n) is 3.08. The number of esters is 1. The second-order valence-corrected chi connectivity index (χ2v) is 7.26. The molecule has 1 aliphatic heterocycles. The van der Waals surface area contributed by atoms with E-state index in [-0.39, 0.29) is 23.5 Å². The Labute approximate surface area is 156 Å². The number of carbonyl (C=O) groups excluding carboxylic acids is 2. The number of hydrogen-bond acceptors (Lipinski definition) is 4. The molecule has 4 nitrogen and oxygen atoms in total. The van der Waals surface area contributed by atoms with Gasteiger partial charge >= 0.3 is 5.97 Å². The van der Waals surface area contributed by atoms with Gasteiger partial charge in [-0.05, 0) is 44.0 Å². The SMILES string of the molecule is C[C@H](OC(=O)CSc1ccccc1F)C(=O)N1c2ccccc2C[C@H]1C. The minimum absolute atomic E-state index is 0.0221. The zero-order valence-electron chi connectivity index (χ0n) is 14.6. The number of anilines is 1. The van der Waals surface area contributed by atoms with Crippen LogP contribution in [0.3, 0.4) is 0 Å². The van der Waals surface area contributed by atoms with Gasteiger partial charge in [-0.1, -0.05) is 30.3 Å². The number of ether oxygens (including phenoxy) is 1. The second-order valence-electron chi connectivity index (χ2n) is 6.24. The lowest BCUT2D eigenvalue weighted by Crippen LogP contribution is -2.43.